The summed E-state index contributed by atoms with van der Waals surface area (Å²) in [5.74, 6) is 0.225. The van der Waals surface area contributed by atoms with Crippen LogP contribution in [0.2, 0.25) is 0 Å². The van der Waals surface area contributed by atoms with E-state index in [1.54, 1.807) is 0 Å². The zero-order valence-corrected chi connectivity index (χ0v) is 13.0. The van der Waals surface area contributed by atoms with E-state index in [2.05, 4.69) is 11.2 Å². The molecule has 0 spiro atoms. The first-order valence-corrected chi connectivity index (χ1v) is 8.12. The monoisotopic (exact) mass is 305 g/mol. The topological polar surface area (TPSA) is 38.1 Å². The number of rotatable bonds is 3. The van der Waals surface area contributed by atoms with Crippen LogP contribution in [0.5, 0.6) is 0 Å². The molecule has 0 aliphatic carbocycles. The highest BCUT2D eigenvalue weighted by molar-refractivity contribution is 5.89. The standard InChI is InChI=1S/C19H19N3O/c23-19(21-11-4-5-12-21)13-15-7-6-10-18-17(15)14-20-22(18)16-8-2-1-3-9-16/h1-3,6-10,14H,4-5,11-13H2. The average molecular weight is 305 g/mol. The molecule has 4 nitrogen and oxygen atoms in total. The van der Waals surface area contributed by atoms with Crippen molar-refractivity contribution in [3.63, 3.8) is 0 Å². The van der Waals surface area contributed by atoms with Crippen LogP contribution < -0.4 is 0 Å². The van der Waals surface area contributed by atoms with E-state index in [9.17, 15) is 4.79 Å². The van der Waals surface area contributed by atoms with Gasteiger partial charge in [0, 0.05) is 18.5 Å². The SMILES string of the molecule is O=C(Cc1cccc2c1cnn2-c1ccccc1)N1CCCC1. The highest BCUT2D eigenvalue weighted by Crippen LogP contribution is 2.23. The van der Waals surface area contributed by atoms with Gasteiger partial charge in [-0.1, -0.05) is 30.3 Å². The lowest BCUT2D eigenvalue weighted by Crippen LogP contribution is -2.29. The first-order chi connectivity index (χ1) is 11.3. The summed E-state index contributed by atoms with van der Waals surface area (Å²) in [5, 5.41) is 5.58. The fraction of sp³-hybridized carbons (Fsp3) is 0.263. The smallest absolute Gasteiger partial charge is 0.227 e. The molecule has 2 aromatic carbocycles. The second-order valence-corrected chi connectivity index (χ2v) is 6.01. The number of hydrogen-bond donors (Lipinski definition) is 0. The van der Waals surface area contributed by atoms with Crippen LogP contribution in [0, 0.1) is 0 Å². The van der Waals surface area contributed by atoms with E-state index in [4.69, 9.17) is 0 Å². The summed E-state index contributed by atoms with van der Waals surface area (Å²) >= 11 is 0. The summed E-state index contributed by atoms with van der Waals surface area (Å²) in [5.41, 5.74) is 3.13. The maximum absolute atomic E-state index is 12.4. The number of fused-ring (bicyclic) bond motifs is 1. The van der Waals surface area contributed by atoms with Gasteiger partial charge in [-0.2, -0.15) is 5.10 Å². The fourth-order valence-electron chi connectivity index (χ4n) is 3.28. The molecule has 2 heterocycles. The third-order valence-corrected chi connectivity index (χ3v) is 4.51. The van der Waals surface area contributed by atoms with Crippen molar-refractivity contribution < 1.29 is 4.79 Å². The molecule has 3 aromatic rings. The van der Waals surface area contributed by atoms with Gasteiger partial charge in [0.15, 0.2) is 0 Å². The van der Waals surface area contributed by atoms with Crippen LogP contribution >= 0.6 is 0 Å². The minimum absolute atomic E-state index is 0.225. The molecule has 1 aliphatic rings. The van der Waals surface area contributed by atoms with Gasteiger partial charge in [-0.3, -0.25) is 4.79 Å². The predicted molar refractivity (Wildman–Crippen MR) is 90.6 cm³/mol. The lowest BCUT2D eigenvalue weighted by molar-refractivity contribution is -0.129. The Morgan fingerprint density at radius 1 is 1.00 bits per heavy atom. The van der Waals surface area contributed by atoms with Crippen LogP contribution in [-0.2, 0) is 11.2 Å². The number of aromatic nitrogens is 2. The van der Waals surface area contributed by atoms with E-state index in [0.29, 0.717) is 6.42 Å². The van der Waals surface area contributed by atoms with E-state index >= 15 is 0 Å². The molecule has 1 aromatic heterocycles. The largest absolute Gasteiger partial charge is 0.342 e. The van der Waals surface area contributed by atoms with Crippen LogP contribution in [-0.4, -0.2) is 33.7 Å². The molecule has 0 atom stereocenters. The van der Waals surface area contributed by atoms with Gasteiger partial charge >= 0.3 is 0 Å². The summed E-state index contributed by atoms with van der Waals surface area (Å²) in [6.07, 6.45) is 4.58. The number of hydrogen-bond acceptors (Lipinski definition) is 2. The third-order valence-electron chi connectivity index (χ3n) is 4.51. The molecule has 1 fully saturated rings. The molecular formula is C19H19N3O. The number of benzene rings is 2. The highest BCUT2D eigenvalue weighted by atomic mass is 16.2. The van der Waals surface area contributed by atoms with Crippen molar-refractivity contribution in [2.24, 2.45) is 0 Å². The Labute approximate surface area is 135 Å². The quantitative estimate of drug-likeness (QED) is 0.745. The first-order valence-electron chi connectivity index (χ1n) is 8.12. The van der Waals surface area contributed by atoms with Gasteiger partial charge in [0.25, 0.3) is 0 Å². The summed E-state index contributed by atoms with van der Waals surface area (Å²) in [6, 6.07) is 16.2. The van der Waals surface area contributed by atoms with E-state index in [0.717, 1.165) is 48.1 Å². The van der Waals surface area contributed by atoms with Crippen molar-refractivity contribution in [3.8, 4) is 5.69 Å². The normalized spacial score (nSPS) is 14.5. The van der Waals surface area contributed by atoms with Crippen molar-refractivity contribution in [3.05, 3.63) is 60.3 Å². The Morgan fingerprint density at radius 2 is 1.78 bits per heavy atom. The lowest BCUT2D eigenvalue weighted by atomic mass is 10.1. The molecule has 1 amide bonds. The summed E-state index contributed by atoms with van der Waals surface area (Å²) < 4.78 is 1.93. The molecule has 0 bridgehead atoms. The van der Waals surface area contributed by atoms with Gasteiger partial charge in [-0.25, -0.2) is 4.68 Å². The van der Waals surface area contributed by atoms with Crippen molar-refractivity contribution in [2.75, 3.05) is 13.1 Å². The van der Waals surface area contributed by atoms with Crippen molar-refractivity contribution in [1.82, 2.24) is 14.7 Å². The second-order valence-electron chi connectivity index (χ2n) is 6.01. The number of para-hydroxylation sites is 1. The average Bonchev–Trinajstić information content (AvgIpc) is 3.26. The maximum atomic E-state index is 12.4. The maximum Gasteiger partial charge on any atom is 0.227 e. The van der Waals surface area contributed by atoms with Gasteiger partial charge in [0.1, 0.15) is 0 Å². The van der Waals surface area contributed by atoms with Gasteiger partial charge in [-0.05, 0) is 36.6 Å². The number of carbonyl (C=O) groups excluding carboxylic acids is 1. The Morgan fingerprint density at radius 3 is 2.57 bits per heavy atom. The molecule has 1 aliphatic heterocycles. The minimum Gasteiger partial charge on any atom is -0.342 e. The zero-order chi connectivity index (χ0) is 15.6. The Kier molecular flexibility index (Phi) is 3.58. The Hall–Kier alpha value is -2.62. The van der Waals surface area contributed by atoms with Crippen LogP contribution in [0.4, 0.5) is 0 Å². The predicted octanol–water partition coefficient (Wildman–Crippen LogP) is 3.19. The van der Waals surface area contributed by atoms with Crippen molar-refractivity contribution >= 4 is 16.8 Å². The molecule has 1 saturated heterocycles. The molecule has 4 rings (SSSR count). The van der Waals surface area contributed by atoms with Crippen LogP contribution in [0.3, 0.4) is 0 Å². The molecule has 116 valence electrons. The summed E-state index contributed by atoms with van der Waals surface area (Å²) in [7, 11) is 0. The molecule has 0 radical (unpaired) electrons. The van der Waals surface area contributed by atoms with E-state index in [1.807, 2.05) is 58.2 Å². The van der Waals surface area contributed by atoms with Crippen LogP contribution in [0.15, 0.2) is 54.7 Å². The lowest BCUT2D eigenvalue weighted by Gasteiger charge is -2.15. The second kappa shape index (κ2) is 5.88. The zero-order valence-electron chi connectivity index (χ0n) is 13.0. The van der Waals surface area contributed by atoms with Crippen molar-refractivity contribution in [1.29, 1.82) is 0 Å². The van der Waals surface area contributed by atoms with Crippen LogP contribution in [0.25, 0.3) is 16.6 Å². The molecule has 23 heavy (non-hydrogen) atoms. The van der Waals surface area contributed by atoms with Gasteiger partial charge in [0.05, 0.1) is 23.8 Å². The summed E-state index contributed by atoms with van der Waals surface area (Å²) in [4.78, 5) is 14.4. The fourth-order valence-corrected chi connectivity index (χ4v) is 3.28. The minimum atomic E-state index is 0.225. The molecule has 4 heteroatoms. The van der Waals surface area contributed by atoms with Crippen molar-refractivity contribution in [2.45, 2.75) is 19.3 Å². The number of likely N-dealkylation sites (tertiary alicyclic amines) is 1. The van der Waals surface area contributed by atoms with Crippen LogP contribution in [0.1, 0.15) is 18.4 Å². The summed E-state index contributed by atoms with van der Waals surface area (Å²) in [6.45, 7) is 1.80. The van der Waals surface area contributed by atoms with Gasteiger partial charge in [0.2, 0.25) is 5.91 Å². The number of amides is 1. The molecular weight excluding hydrogens is 286 g/mol. The number of carbonyl (C=O) groups is 1. The van der Waals surface area contributed by atoms with Gasteiger partial charge in [-0.15, -0.1) is 0 Å². The Balaban J connectivity index is 1.69. The van der Waals surface area contributed by atoms with E-state index < -0.39 is 0 Å². The first kappa shape index (κ1) is 14.0. The third kappa shape index (κ3) is 2.61. The molecule has 0 unspecified atom stereocenters. The Bertz CT molecular complexity index is 832. The van der Waals surface area contributed by atoms with E-state index in [-0.39, 0.29) is 5.91 Å². The molecule has 0 N–H and O–H groups in total. The molecule has 0 saturated carbocycles. The highest BCUT2D eigenvalue weighted by Gasteiger charge is 2.19. The van der Waals surface area contributed by atoms with Gasteiger partial charge < -0.3 is 4.90 Å². The van der Waals surface area contributed by atoms with E-state index in [1.165, 1.54) is 0 Å². The number of nitrogens with zero attached hydrogens (tertiary/aromatic N) is 3.